The number of aliphatic hydroxyl groups excluding tert-OH is 1. The highest BCUT2D eigenvalue weighted by Gasteiger charge is 2.34. The van der Waals surface area contributed by atoms with Gasteiger partial charge in [0.05, 0.1) is 16.8 Å². The first-order valence-electron chi connectivity index (χ1n) is 10.2. The van der Waals surface area contributed by atoms with Gasteiger partial charge in [0.1, 0.15) is 0 Å². The van der Waals surface area contributed by atoms with Crippen molar-refractivity contribution in [3.05, 3.63) is 99.5 Å². The summed E-state index contributed by atoms with van der Waals surface area (Å²) < 4.78 is 0. The number of hydrogen-bond acceptors (Lipinski definition) is 3. The van der Waals surface area contributed by atoms with Crippen molar-refractivity contribution in [3.63, 3.8) is 0 Å². The average Bonchev–Trinajstić information content (AvgIpc) is 2.79. The second kappa shape index (κ2) is 9.31. The van der Waals surface area contributed by atoms with Gasteiger partial charge in [-0.15, -0.1) is 0 Å². The van der Waals surface area contributed by atoms with E-state index in [4.69, 9.17) is 23.2 Å². The van der Waals surface area contributed by atoms with Gasteiger partial charge in [-0.2, -0.15) is 0 Å². The molecule has 3 aromatic rings. The Labute approximate surface area is 192 Å². The molecule has 1 saturated heterocycles. The second-order valence-electron chi connectivity index (χ2n) is 7.81. The summed E-state index contributed by atoms with van der Waals surface area (Å²) in [5.74, 6) is -0.292. The number of nitrogens with zero attached hydrogens (tertiary/aromatic N) is 2. The summed E-state index contributed by atoms with van der Waals surface area (Å²) in [7, 11) is 0. The maximum Gasteiger partial charge on any atom is 0.256 e. The number of carbonyl (C=O) groups is 1. The first kappa shape index (κ1) is 21.7. The number of benzene rings is 3. The molecule has 1 heterocycles. The Bertz CT molecular complexity index is 1060. The average molecular weight is 455 g/mol. The molecule has 0 spiro atoms. The van der Waals surface area contributed by atoms with Gasteiger partial charge in [-0.25, -0.2) is 0 Å². The Balaban J connectivity index is 1.64. The van der Waals surface area contributed by atoms with Crippen LogP contribution in [-0.2, 0) is 4.79 Å². The fraction of sp³-hybridized carbons (Fsp3) is 0.240. The molecule has 0 radical (unpaired) electrons. The lowest BCUT2D eigenvalue weighted by molar-refractivity contribution is -0.141. The van der Waals surface area contributed by atoms with Crippen LogP contribution in [0, 0.1) is 6.92 Å². The summed E-state index contributed by atoms with van der Waals surface area (Å²) in [6.45, 7) is 3.54. The molecule has 0 aliphatic carbocycles. The molecule has 1 aliphatic heterocycles. The van der Waals surface area contributed by atoms with Crippen molar-refractivity contribution in [2.24, 2.45) is 0 Å². The van der Waals surface area contributed by atoms with E-state index in [9.17, 15) is 9.90 Å². The van der Waals surface area contributed by atoms with E-state index in [1.54, 1.807) is 17.0 Å². The third-order valence-electron chi connectivity index (χ3n) is 5.71. The molecule has 1 amide bonds. The van der Waals surface area contributed by atoms with Crippen LogP contribution >= 0.6 is 23.2 Å². The molecule has 0 aromatic heterocycles. The predicted molar refractivity (Wildman–Crippen MR) is 126 cm³/mol. The van der Waals surface area contributed by atoms with Gasteiger partial charge in [-0.05, 0) is 47.9 Å². The number of aryl methyl sites for hydroxylation is 1. The first-order chi connectivity index (χ1) is 14.9. The zero-order valence-electron chi connectivity index (χ0n) is 17.2. The van der Waals surface area contributed by atoms with Gasteiger partial charge in [-0.3, -0.25) is 4.79 Å². The van der Waals surface area contributed by atoms with Gasteiger partial charge in [-0.1, -0.05) is 71.7 Å². The fourth-order valence-corrected chi connectivity index (χ4v) is 4.51. The number of piperazine rings is 1. The van der Waals surface area contributed by atoms with Crippen LogP contribution in [0.25, 0.3) is 0 Å². The standard InChI is InChI=1S/C25H24Cl2N2O2/c1-17-7-12-22(21(27)15-17)29-14-13-28(16-23(29)18-8-10-20(26)11-9-18)25(31)24(30)19-5-3-2-4-6-19/h2-12,15,23-24,30H,13-14,16H2,1H3/t23-,24+/m0/s1. The lowest BCUT2D eigenvalue weighted by Gasteiger charge is -2.44. The molecule has 6 heteroatoms. The molecule has 160 valence electrons. The van der Waals surface area contributed by atoms with Crippen LogP contribution in [0.15, 0.2) is 72.8 Å². The largest absolute Gasteiger partial charge is 0.378 e. The number of halogens is 2. The maximum absolute atomic E-state index is 13.1. The molecule has 1 fully saturated rings. The molecule has 4 nitrogen and oxygen atoms in total. The van der Waals surface area contributed by atoms with Gasteiger partial charge < -0.3 is 14.9 Å². The lowest BCUT2D eigenvalue weighted by Crippen LogP contribution is -2.51. The highest BCUT2D eigenvalue weighted by atomic mass is 35.5. The Morgan fingerprint density at radius 3 is 2.39 bits per heavy atom. The molecule has 3 aromatic carbocycles. The smallest absolute Gasteiger partial charge is 0.256 e. The normalized spacial score (nSPS) is 17.5. The Kier molecular flexibility index (Phi) is 6.51. The zero-order chi connectivity index (χ0) is 22.0. The van der Waals surface area contributed by atoms with E-state index in [1.807, 2.05) is 67.6 Å². The van der Waals surface area contributed by atoms with Crippen LogP contribution in [0.1, 0.15) is 28.8 Å². The van der Waals surface area contributed by atoms with Gasteiger partial charge in [0.2, 0.25) is 0 Å². The second-order valence-corrected chi connectivity index (χ2v) is 8.66. The molecule has 0 unspecified atom stereocenters. The third kappa shape index (κ3) is 4.72. The van der Waals surface area contributed by atoms with Gasteiger partial charge in [0.25, 0.3) is 5.91 Å². The summed E-state index contributed by atoms with van der Waals surface area (Å²) in [4.78, 5) is 17.1. The van der Waals surface area contributed by atoms with Crippen LogP contribution in [0.5, 0.6) is 0 Å². The number of carbonyl (C=O) groups excluding carboxylic acids is 1. The molecule has 0 bridgehead atoms. The van der Waals surface area contributed by atoms with Crippen LogP contribution in [-0.4, -0.2) is 35.5 Å². The Morgan fingerprint density at radius 1 is 1.00 bits per heavy atom. The monoisotopic (exact) mass is 454 g/mol. The van der Waals surface area contributed by atoms with Crippen molar-refractivity contribution >= 4 is 34.8 Å². The van der Waals surface area contributed by atoms with Crippen LogP contribution in [0.4, 0.5) is 5.69 Å². The molecule has 1 N–H and O–H groups in total. The minimum absolute atomic E-state index is 0.113. The zero-order valence-corrected chi connectivity index (χ0v) is 18.7. The highest BCUT2D eigenvalue weighted by Crippen LogP contribution is 2.36. The quantitative estimate of drug-likeness (QED) is 0.571. The van der Waals surface area contributed by atoms with Crippen molar-refractivity contribution in [3.8, 4) is 0 Å². The molecule has 0 saturated carbocycles. The third-order valence-corrected chi connectivity index (χ3v) is 6.26. The van der Waals surface area contributed by atoms with Crippen molar-refractivity contribution in [2.75, 3.05) is 24.5 Å². The van der Waals surface area contributed by atoms with E-state index in [2.05, 4.69) is 4.90 Å². The van der Waals surface area contributed by atoms with E-state index < -0.39 is 6.10 Å². The van der Waals surface area contributed by atoms with Crippen molar-refractivity contribution in [1.82, 2.24) is 4.90 Å². The van der Waals surface area contributed by atoms with Crippen LogP contribution in [0.3, 0.4) is 0 Å². The van der Waals surface area contributed by atoms with Crippen molar-refractivity contribution < 1.29 is 9.90 Å². The minimum Gasteiger partial charge on any atom is -0.378 e. The summed E-state index contributed by atoms with van der Waals surface area (Å²) in [5.41, 5.74) is 3.66. The van der Waals surface area contributed by atoms with Crippen molar-refractivity contribution in [2.45, 2.75) is 19.1 Å². The first-order valence-corrected chi connectivity index (χ1v) is 11.0. The number of hydrogen-bond donors (Lipinski definition) is 1. The topological polar surface area (TPSA) is 43.8 Å². The predicted octanol–water partition coefficient (Wildman–Crippen LogP) is 5.43. The molecule has 4 rings (SSSR count). The summed E-state index contributed by atoms with van der Waals surface area (Å²) >= 11 is 12.7. The van der Waals surface area contributed by atoms with Crippen LogP contribution in [0.2, 0.25) is 10.0 Å². The Morgan fingerprint density at radius 2 is 1.71 bits per heavy atom. The molecule has 31 heavy (non-hydrogen) atoms. The van der Waals surface area contributed by atoms with Gasteiger partial charge >= 0.3 is 0 Å². The lowest BCUT2D eigenvalue weighted by atomic mass is 10.00. The highest BCUT2D eigenvalue weighted by molar-refractivity contribution is 6.33. The van der Waals surface area contributed by atoms with E-state index >= 15 is 0 Å². The van der Waals surface area contributed by atoms with Crippen molar-refractivity contribution in [1.29, 1.82) is 0 Å². The summed E-state index contributed by atoms with van der Waals surface area (Å²) in [5, 5.41) is 12.0. The van der Waals surface area contributed by atoms with Gasteiger partial charge in [0.15, 0.2) is 6.10 Å². The fourth-order valence-electron chi connectivity index (χ4n) is 4.04. The summed E-state index contributed by atoms with van der Waals surface area (Å²) in [6.07, 6.45) is -1.18. The number of rotatable bonds is 4. The number of amides is 1. The van der Waals surface area contributed by atoms with Gasteiger partial charge in [0, 0.05) is 24.7 Å². The minimum atomic E-state index is -1.18. The summed E-state index contributed by atoms with van der Waals surface area (Å²) in [6, 6.07) is 22.6. The van der Waals surface area contributed by atoms with Crippen LogP contribution < -0.4 is 4.90 Å². The van der Waals surface area contributed by atoms with E-state index in [0.717, 1.165) is 16.8 Å². The SMILES string of the molecule is Cc1ccc(N2CCN(C(=O)[C@H](O)c3ccccc3)C[C@H]2c2ccc(Cl)cc2)c(Cl)c1. The number of anilines is 1. The maximum atomic E-state index is 13.1. The molecular weight excluding hydrogens is 431 g/mol. The van der Waals surface area contributed by atoms with E-state index in [0.29, 0.717) is 35.2 Å². The molecule has 1 aliphatic rings. The Hall–Kier alpha value is -2.53. The molecular formula is C25H24Cl2N2O2. The van der Waals surface area contributed by atoms with E-state index in [1.165, 1.54) is 0 Å². The molecule has 2 atom stereocenters. The van der Waals surface area contributed by atoms with E-state index in [-0.39, 0.29) is 11.9 Å². The number of aliphatic hydroxyl groups is 1.